The Bertz CT molecular complexity index is 455. The summed E-state index contributed by atoms with van der Waals surface area (Å²) in [6.45, 7) is 2.25. The second-order valence-electron chi connectivity index (χ2n) is 4.68. The number of likely N-dealkylation sites (N-methyl/N-ethyl adjacent to an activating group) is 2. The Balaban J connectivity index is 2.69. The van der Waals surface area contributed by atoms with Crippen LogP contribution < -0.4 is 5.32 Å². The van der Waals surface area contributed by atoms with E-state index in [0.29, 0.717) is 37.4 Å². The Morgan fingerprint density at radius 1 is 1.38 bits per heavy atom. The van der Waals surface area contributed by atoms with Gasteiger partial charge >= 0.3 is 0 Å². The van der Waals surface area contributed by atoms with Crippen LogP contribution in [0.1, 0.15) is 15.9 Å². The number of carbonyl (C=O) groups is 1. The van der Waals surface area contributed by atoms with Gasteiger partial charge in [-0.1, -0.05) is 0 Å². The lowest BCUT2D eigenvalue weighted by Gasteiger charge is -2.17. The molecule has 21 heavy (non-hydrogen) atoms. The van der Waals surface area contributed by atoms with Gasteiger partial charge in [-0.25, -0.2) is 4.39 Å². The molecule has 118 valence electrons. The van der Waals surface area contributed by atoms with Crippen LogP contribution in [0.3, 0.4) is 0 Å². The summed E-state index contributed by atoms with van der Waals surface area (Å²) in [5.74, 6) is -0.509. The largest absolute Gasteiger partial charge is 0.382 e. The minimum Gasteiger partial charge on any atom is -0.382 e. The van der Waals surface area contributed by atoms with Crippen LogP contribution in [0.2, 0.25) is 0 Å². The smallest absolute Gasteiger partial charge is 0.253 e. The maximum absolute atomic E-state index is 13.7. The number of nitrogens with zero attached hydrogens (tertiary/aromatic N) is 1. The van der Waals surface area contributed by atoms with Gasteiger partial charge in [0.05, 0.1) is 19.8 Å². The number of rotatable bonds is 9. The average molecular weight is 298 g/mol. The molecule has 0 fully saturated rings. The lowest BCUT2D eigenvalue weighted by Crippen LogP contribution is -2.32. The van der Waals surface area contributed by atoms with Crippen LogP contribution in [0, 0.1) is 5.82 Å². The van der Waals surface area contributed by atoms with E-state index in [4.69, 9.17) is 9.47 Å². The van der Waals surface area contributed by atoms with Gasteiger partial charge in [-0.15, -0.1) is 0 Å². The number of halogens is 1. The third-order valence-corrected chi connectivity index (χ3v) is 3.03. The van der Waals surface area contributed by atoms with Gasteiger partial charge < -0.3 is 19.7 Å². The van der Waals surface area contributed by atoms with Crippen molar-refractivity contribution in [2.24, 2.45) is 0 Å². The van der Waals surface area contributed by atoms with Crippen LogP contribution in [0.5, 0.6) is 0 Å². The van der Waals surface area contributed by atoms with Crippen LogP contribution in [0.4, 0.5) is 4.39 Å². The van der Waals surface area contributed by atoms with Crippen molar-refractivity contribution in [1.29, 1.82) is 0 Å². The molecule has 0 bridgehead atoms. The molecule has 1 amide bonds. The standard InChI is InChI=1S/C15H23FN2O3/c1-17-6-7-18(2)15(19)12-4-5-14(16)13(10-12)11-21-9-8-20-3/h4-5,10,17H,6-9,11H2,1-3H3. The van der Waals surface area contributed by atoms with Crippen molar-refractivity contribution in [2.75, 3.05) is 47.5 Å². The minimum absolute atomic E-state index is 0.122. The maximum Gasteiger partial charge on any atom is 0.253 e. The van der Waals surface area contributed by atoms with Crippen LogP contribution in [0.15, 0.2) is 18.2 Å². The molecule has 0 atom stereocenters. The quantitative estimate of drug-likeness (QED) is 0.698. The van der Waals surface area contributed by atoms with Gasteiger partial charge in [-0.05, 0) is 25.2 Å². The van der Waals surface area contributed by atoms with E-state index < -0.39 is 0 Å². The summed E-state index contributed by atoms with van der Waals surface area (Å²) in [6, 6.07) is 4.33. The van der Waals surface area contributed by atoms with Gasteiger partial charge in [0.15, 0.2) is 0 Å². The Hall–Kier alpha value is -1.50. The van der Waals surface area contributed by atoms with E-state index in [1.165, 1.54) is 12.1 Å². The summed E-state index contributed by atoms with van der Waals surface area (Å²) < 4.78 is 23.9. The minimum atomic E-state index is -0.373. The molecule has 0 saturated heterocycles. The van der Waals surface area contributed by atoms with E-state index in [2.05, 4.69) is 5.32 Å². The molecular weight excluding hydrogens is 275 g/mol. The Labute approximate surface area is 125 Å². The number of carbonyl (C=O) groups excluding carboxylic acids is 1. The molecule has 1 aromatic carbocycles. The average Bonchev–Trinajstić information content (AvgIpc) is 2.50. The van der Waals surface area contributed by atoms with E-state index in [9.17, 15) is 9.18 Å². The molecule has 0 unspecified atom stereocenters. The Morgan fingerprint density at radius 2 is 2.14 bits per heavy atom. The fourth-order valence-electron chi connectivity index (χ4n) is 1.74. The van der Waals surface area contributed by atoms with Crippen LogP contribution >= 0.6 is 0 Å². The molecule has 5 nitrogen and oxygen atoms in total. The summed E-state index contributed by atoms with van der Waals surface area (Å²) in [5.41, 5.74) is 0.833. The van der Waals surface area contributed by atoms with Crippen molar-refractivity contribution < 1.29 is 18.7 Å². The monoisotopic (exact) mass is 298 g/mol. The van der Waals surface area contributed by atoms with Gasteiger partial charge in [0.1, 0.15) is 5.82 Å². The first-order valence-corrected chi connectivity index (χ1v) is 6.85. The van der Waals surface area contributed by atoms with Crippen LogP contribution in [0.25, 0.3) is 0 Å². The van der Waals surface area contributed by atoms with Gasteiger partial charge in [0.25, 0.3) is 5.91 Å². The highest BCUT2D eigenvalue weighted by atomic mass is 19.1. The SMILES string of the molecule is CNCCN(C)C(=O)c1ccc(F)c(COCCOC)c1. The maximum atomic E-state index is 13.7. The summed E-state index contributed by atoms with van der Waals surface area (Å²) in [4.78, 5) is 13.8. The zero-order chi connectivity index (χ0) is 15.7. The predicted molar refractivity (Wildman–Crippen MR) is 78.8 cm³/mol. The van der Waals surface area contributed by atoms with Crippen LogP contribution in [-0.2, 0) is 16.1 Å². The molecule has 6 heteroatoms. The summed E-state index contributed by atoms with van der Waals surface area (Å²) in [5, 5.41) is 2.98. The molecule has 0 radical (unpaired) electrons. The van der Waals surface area contributed by atoms with E-state index >= 15 is 0 Å². The van der Waals surface area contributed by atoms with E-state index in [1.807, 2.05) is 7.05 Å². The number of benzene rings is 1. The fourth-order valence-corrected chi connectivity index (χ4v) is 1.74. The first-order chi connectivity index (χ1) is 10.1. The van der Waals surface area contributed by atoms with Crippen molar-refractivity contribution in [1.82, 2.24) is 10.2 Å². The molecule has 1 rings (SSSR count). The number of ether oxygens (including phenoxy) is 2. The fraction of sp³-hybridized carbons (Fsp3) is 0.533. The second kappa shape index (κ2) is 9.44. The van der Waals surface area contributed by atoms with Gasteiger partial charge in [-0.2, -0.15) is 0 Å². The Kier molecular flexibility index (Phi) is 7.89. The lowest BCUT2D eigenvalue weighted by molar-refractivity contribution is 0.0603. The number of nitrogens with one attached hydrogen (secondary N) is 1. The molecule has 0 spiro atoms. The molecule has 1 N–H and O–H groups in total. The third kappa shape index (κ3) is 5.79. The number of hydrogen-bond acceptors (Lipinski definition) is 4. The summed E-state index contributed by atoms with van der Waals surface area (Å²) >= 11 is 0. The summed E-state index contributed by atoms with van der Waals surface area (Å²) in [6.07, 6.45) is 0. The zero-order valence-electron chi connectivity index (χ0n) is 12.8. The van der Waals surface area contributed by atoms with E-state index in [0.717, 1.165) is 0 Å². The number of methoxy groups -OCH3 is 1. The zero-order valence-corrected chi connectivity index (χ0v) is 12.8. The molecule has 0 aliphatic heterocycles. The normalized spacial score (nSPS) is 10.7. The Morgan fingerprint density at radius 3 is 2.81 bits per heavy atom. The van der Waals surface area contributed by atoms with E-state index in [-0.39, 0.29) is 18.3 Å². The number of amides is 1. The van der Waals surface area contributed by atoms with Crippen molar-refractivity contribution in [3.8, 4) is 0 Å². The predicted octanol–water partition coefficient (Wildman–Crippen LogP) is 1.28. The number of hydrogen-bond donors (Lipinski definition) is 1. The molecule has 0 saturated carbocycles. The van der Waals surface area contributed by atoms with Crippen molar-refractivity contribution in [3.05, 3.63) is 35.1 Å². The third-order valence-electron chi connectivity index (χ3n) is 3.03. The molecular formula is C15H23FN2O3. The summed E-state index contributed by atoms with van der Waals surface area (Å²) in [7, 11) is 5.12. The topological polar surface area (TPSA) is 50.8 Å². The van der Waals surface area contributed by atoms with Gasteiger partial charge in [0.2, 0.25) is 0 Å². The van der Waals surface area contributed by atoms with Crippen molar-refractivity contribution in [2.45, 2.75) is 6.61 Å². The molecule has 0 aliphatic rings. The molecule has 0 aliphatic carbocycles. The van der Waals surface area contributed by atoms with Gasteiger partial charge in [-0.3, -0.25) is 4.79 Å². The lowest BCUT2D eigenvalue weighted by atomic mass is 10.1. The highest BCUT2D eigenvalue weighted by Gasteiger charge is 2.13. The van der Waals surface area contributed by atoms with Crippen molar-refractivity contribution in [3.63, 3.8) is 0 Å². The van der Waals surface area contributed by atoms with E-state index in [1.54, 1.807) is 25.1 Å². The van der Waals surface area contributed by atoms with Crippen LogP contribution in [-0.4, -0.2) is 58.3 Å². The highest BCUT2D eigenvalue weighted by molar-refractivity contribution is 5.94. The first kappa shape index (κ1) is 17.6. The molecule has 1 aromatic rings. The first-order valence-electron chi connectivity index (χ1n) is 6.85. The molecule has 0 heterocycles. The second-order valence-corrected chi connectivity index (χ2v) is 4.68. The van der Waals surface area contributed by atoms with Gasteiger partial charge in [0, 0.05) is 38.4 Å². The van der Waals surface area contributed by atoms with Crippen molar-refractivity contribution >= 4 is 5.91 Å². The molecule has 0 aromatic heterocycles. The highest BCUT2D eigenvalue weighted by Crippen LogP contribution is 2.13.